The van der Waals surface area contributed by atoms with Gasteiger partial charge in [-0.25, -0.2) is 4.79 Å². The average Bonchev–Trinajstić information content (AvgIpc) is 2.59. The molecule has 0 aromatic heterocycles. The predicted molar refractivity (Wildman–Crippen MR) is 86.9 cm³/mol. The van der Waals surface area contributed by atoms with Gasteiger partial charge in [0.1, 0.15) is 0 Å². The van der Waals surface area contributed by atoms with Crippen molar-refractivity contribution >= 4 is 23.6 Å². The summed E-state index contributed by atoms with van der Waals surface area (Å²) in [6, 6.07) is 10.7. The van der Waals surface area contributed by atoms with Crippen LogP contribution >= 0.6 is 0 Å². The Labute approximate surface area is 141 Å². The number of benzene rings is 2. The van der Waals surface area contributed by atoms with Gasteiger partial charge in [-0.3, -0.25) is 4.79 Å². The minimum Gasteiger partial charge on any atom is -0.465 e. The van der Waals surface area contributed by atoms with Gasteiger partial charge in [0.25, 0.3) is 0 Å². The monoisotopic (exact) mass is 349 g/mol. The van der Waals surface area contributed by atoms with Crippen molar-refractivity contribution in [1.82, 2.24) is 0 Å². The molecular weight excluding hydrogens is 335 g/mol. The fourth-order valence-electron chi connectivity index (χ4n) is 2.02. The van der Waals surface area contributed by atoms with Gasteiger partial charge < -0.3 is 10.1 Å². The molecule has 0 radical (unpaired) electrons. The highest BCUT2D eigenvalue weighted by Gasteiger charge is 2.30. The highest BCUT2D eigenvalue weighted by Crippen LogP contribution is 2.29. The number of amides is 1. The van der Waals surface area contributed by atoms with Crippen molar-refractivity contribution in [2.45, 2.75) is 6.18 Å². The highest BCUT2D eigenvalue weighted by molar-refractivity contribution is 6.02. The van der Waals surface area contributed by atoms with E-state index in [1.807, 2.05) is 0 Å². The van der Waals surface area contributed by atoms with E-state index in [2.05, 4.69) is 10.1 Å². The number of methoxy groups -OCH3 is 1. The fourth-order valence-corrected chi connectivity index (χ4v) is 2.02. The maximum atomic E-state index is 12.6. The Balaban J connectivity index is 2.08. The van der Waals surface area contributed by atoms with Gasteiger partial charge in [0.05, 0.1) is 18.2 Å². The molecule has 0 atom stereocenters. The van der Waals surface area contributed by atoms with Crippen LogP contribution in [0.3, 0.4) is 0 Å². The lowest BCUT2D eigenvalue weighted by Gasteiger charge is -2.07. The van der Waals surface area contributed by atoms with Crippen LogP contribution in [0, 0.1) is 0 Å². The molecule has 1 N–H and O–H groups in total. The lowest BCUT2D eigenvalue weighted by atomic mass is 10.1. The van der Waals surface area contributed by atoms with Crippen LogP contribution in [0.2, 0.25) is 0 Å². The van der Waals surface area contributed by atoms with E-state index < -0.39 is 23.6 Å². The third-order valence-corrected chi connectivity index (χ3v) is 3.19. The first kappa shape index (κ1) is 18.3. The van der Waals surface area contributed by atoms with Gasteiger partial charge >= 0.3 is 12.1 Å². The maximum Gasteiger partial charge on any atom is 0.416 e. The lowest BCUT2D eigenvalue weighted by molar-refractivity contribution is -0.137. The molecule has 0 fully saturated rings. The number of anilines is 1. The van der Waals surface area contributed by atoms with Crippen LogP contribution < -0.4 is 5.32 Å². The van der Waals surface area contributed by atoms with Crippen LogP contribution in [0.5, 0.6) is 0 Å². The third kappa shape index (κ3) is 5.20. The molecule has 25 heavy (non-hydrogen) atoms. The van der Waals surface area contributed by atoms with Crippen LogP contribution in [0.4, 0.5) is 18.9 Å². The summed E-state index contributed by atoms with van der Waals surface area (Å²) in [4.78, 5) is 23.3. The molecule has 1 amide bonds. The molecule has 0 aliphatic carbocycles. The van der Waals surface area contributed by atoms with E-state index in [1.165, 1.54) is 37.5 Å². The van der Waals surface area contributed by atoms with Crippen LogP contribution in [0.1, 0.15) is 21.5 Å². The minimum atomic E-state index is -4.44. The average molecular weight is 349 g/mol. The molecule has 0 heterocycles. The second kappa shape index (κ2) is 7.65. The number of hydrogen-bond donors (Lipinski definition) is 1. The van der Waals surface area contributed by atoms with Crippen LogP contribution in [0.25, 0.3) is 6.08 Å². The molecule has 0 saturated carbocycles. The Kier molecular flexibility index (Phi) is 5.59. The van der Waals surface area contributed by atoms with E-state index in [-0.39, 0.29) is 11.1 Å². The number of halogens is 3. The Bertz CT molecular complexity index is 813. The molecule has 2 aromatic carbocycles. The summed E-state index contributed by atoms with van der Waals surface area (Å²) in [5, 5.41) is 2.52. The summed E-state index contributed by atoms with van der Waals surface area (Å²) < 4.78 is 42.5. The first-order valence-corrected chi connectivity index (χ1v) is 7.14. The molecule has 0 aliphatic heterocycles. The minimum absolute atomic E-state index is 0.244. The van der Waals surface area contributed by atoms with E-state index in [0.717, 1.165) is 18.2 Å². The molecule has 4 nitrogen and oxygen atoms in total. The highest BCUT2D eigenvalue weighted by atomic mass is 19.4. The maximum absolute atomic E-state index is 12.6. The van der Waals surface area contributed by atoms with Crippen molar-refractivity contribution in [2.24, 2.45) is 0 Å². The predicted octanol–water partition coefficient (Wildman–Crippen LogP) is 4.14. The first-order valence-electron chi connectivity index (χ1n) is 7.14. The Morgan fingerprint density at radius 2 is 1.80 bits per heavy atom. The van der Waals surface area contributed by atoms with Crippen LogP contribution in [-0.4, -0.2) is 19.0 Å². The van der Waals surface area contributed by atoms with Crippen molar-refractivity contribution in [3.63, 3.8) is 0 Å². The van der Waals surface area contributed by atoms with Gasteiger partial charge in [0.2, 0.25) is 5.91 Å². The van der Waals surface area contributed by atoms with Gasteiger partial charge in [-0.15, -0.1) is 0 Å². The summed E-state index contributed by atoms with van der Waals surface area (Å²) in [5.41, 5.74) is 0.0814. The number of rotatable bonds is 4. The summed E-state index contributed by atoms with van der Waals surface area (Å²) >= 11 is 0. The van der Waals surface area contributed by atoms with Crippen molar-refractivity contribution in [3.8, 4) is 0 Å². The van der Waals surface area contributed by atoms with E-state index in [0.29, 0.717) is 5.69 Å². The number of carbonyl (C=O) groups is 2. The summed E-state index contributed by atoms with van der Waals surface area (Å²) in [6.45, 7) is 0. The third-order valence-electron chi connectivity index (χ3n) is 3.19. The smallest absolute Gasteiger partial charge is 0.416 e. The van der Waals surface area contributed by atoms with Crippen LogP contribution in [0.15, 0.2) is 54.6 Å². The normalized spacial score (nSPS) is 11.4. The van der Waals surface area contributed by atoms with Gasteiger partial charge in [0.15, 0.2) is 0 Å². The topological polar surface area (TPSA) is 55.4 Å². The van der Waals surface area contributed by atoms with Gasteiger partial charge in [0, 0.05) is 11.8 Å². The number of ether oxygens (including phenoxy) is 1. The van der Waals surface area contributed by atoms with Crippen molar-refractivity contribution in [2.75, 3.05) is 12.4 Å². The number of hydrogen-bond acceptors (Lipinski definition) is 3. The molecule has 0 aliphatic rings. The molecule has 0 bridgehead atoms. The first-order chi connectivity index (χ1) is 11.8. The second-order valence-electron chi connectivity index (χ2n) is 5.02. The molecule has 7 heteroatoms. The van der Waals surface area contributed by atoms with Crippen molar-refractivity contribution < 1.29 is 27.5 Å². The number of nitrogens with one attached hydrogen (secondary N) is 1. The number of alkyl halides is 3. The molecular formula is C18H14F3NO3. The number of esters is 1. The molecule has 0 spiro atoms. The zero-order chi connectivity index (χ0) is 18.4. The zero-order valence-electron chi connectivity index (χ0n) is 13.1. The van der Waals surface area contributed by atoms with Crippen LogP contribution in [-0.2, 0) is 15.7 Å². The quantitative estimate of drug-likeness (QED) is 0.667. The van der Waals surface area contributed by atoms with Crippen molar-refractivity contribution in [3.05, 3.63) is 71.3 Å². The lowest BCUT2D eigenvalue weighted by Crippen LogP contribution is -2.09. The van der Waals surface area contributed by atoms with E-state index in [4.69, 9.17) is 0 Å². The largest absolute Gasteiger partial charge is 0.465 e. The van der Waals surface area contributed by atoms with Gasteiger partial charge in [-0.05, 0) is 42.0 Å². The number of carbonyl (C=O) groups excluding carboxylic acids is 2. The molecule has 0 unspecified atom stereocenters. The molecule has 0 saturated heterocycles. The van der Waals surface area contributed by atoms with Gasteiger partial charge in [-0.1, -0.05) is 18.2 Å². The summed E-state index contributed by atoms with van der Waals surface area (Å²) in [6.07, 6.45) is -2.06. The second-order valence-corrected chi connectivity index (χ2v) is 5.02. The Morgan fingerprint density at radius 3 is 2.48 bits per heavy atom. The standard InChI is InChI=1S/C18H14F3NO3/c1-25-17(24)13-5-3-7-15(11-13)22-16(23)9-8-12-4-2-6-14(10-12)18(19,20)21/h2-11H,1H3,(H,22,23)/b9-8+. The summed E-state index contributed by atoms with van der Waals surface area (Å²) in [7, 11) is 1.24. The molecule has 130 valence electrons. The Hall–Kier alpha value is -3.09. The van der Waals surface area contributed by atoms with Crippen molar-refractivity contribution in [1.29, 1.82) is 0 Å². The Morgan fingerprint density at radius 1 is 1.08 bits per heavy atom. The molecule has 2 aromatic rings. The van der Waals surface area contributed by atoms with E-state index >= 15 is 0 Å². The van der Waals surface area contributed by atoms with E-state index in [1.54, 1.807) is 12.1 Å². The van der Waals surface area contributed by atoms with E-state index in [9.17, 15) is 22.8 Å². The zero-order valence-corrected chi connectivity index (χ0v) is 13.1. The SMILES string of the molecule is COC(=O)c1cccc(NC(=O)/C=C/c2cccc(C(F)(F)F)c2)c1. The van der Waals surface area contributed by atoms with Gasteiger partial charge in [-0.2, -0.15) is 13.2 Å². The summed E-state index contributed by atoms with van der Waals surface area (Å²) in [5.74, 6) is -1.09. The molecule has 2 rings (SSSR count). The fraction of sp³-hybridized carbons (Fsp3) is 0.111.